The van der Waals surface area contributed by atoms with E-state index in [1.807, 2.05) is 0 Å². The molecule has 9 atom stereocenters. The number of aliphatic hydroxyl groups is 7. The van der Waals surface area contributed by atoms with E-state index in [0.717, 1.165) is 38.5 Å². The zero-order valence-electron chi connectivity index (χ0n) is 53.3. The summed E-state index contributed by atoms with van der Waals surface area (Å²) in [6.45, 7) is 3.52. The third-order valence-corrected chi connectivity index (χ3v) is 17.6. The molecule has 0 aliphatic carbocycles. The lowest BCUT2D eigenvalue weighted by Gasteiger charge is -2.40. The molecule has 0 saturated carbocycles. The van der Waals surface area contributed by atoms with Crippen LogP contribution in [-0.4, -0.2) is 110 Å². The van der Waals surface area contributed by atoms with Crippen molar-refractivity contribution in [1.29, 1.82) is 0 Å². The number of allylic oxidation sites excluding steroid dienone is 2. The summed E-state index contributed by atoms with van der Waals surface area (Å²) >= 11 is 0. The van der Waals surface area contributed by atoms with Gasteiger partial charge in [0.05, 0.1) is 25.4 Å². The van der Waals surface area contributed by atoms with Gasteiger partial charge < -0.3 is 50.5 Å². The molecule has 0 bridgehead atoms. The summed E-state index contributed by atoms with van der Waals surface area (Å²) < 4.78 is 11.2. The van der Waals surface area contributed by atoms with Crippen molar-refractivity contribution in [3.05, 3.63) is 12.2 Å². The number of carbonyl (C=O) groups excluding carboxylic acids is 1. The molecule has 8 N–H and O–H groups in total. The zero-order chi connectivity index (χ0) is 58.9. The predicted molar refractivity (Wildman–Crippen MR) is 339 cm³/mol. The Kier molecular flexibility index (Phi) is 56.9. The molecule has 1 heterocycles. The number of ether oxygens (including phenoxy) is 2. The second-order valence-corrected chi connectivity index (χ2v) is 25.3. The minimum Gasteiger partial charge on any atom is -0.394 e. The molecular formula is C70H137NO10. The molecule has 1 amide bonds. The zero-order valence-corrected chi connectivity index (χ0v) is 53.3. The van der Waals surface area contributed by atoms with Gasteiger partial charge in [0.2, 0.25) is 5.91 Å². The van der Waals surface area contributed by atoms with Gasteiger partial charge in [0.15, 0.2) is 6.29 Å². The Balaban J connectivity index is 2.19. The fourth-order valence-electron chi connectivity index (χ4n) is 11.9. The highest BCUT2D eigenvalue weighted by Crippen LogP contribution is 2.24. The van der Waals surface area contributed by atoms with Gasteiger partial charge in [-0.2, -0.15) is 0 Å². The standard InChI is InChI=1S/C70H137NO10/c1-3-5-7-9-11-13-15-17-19-21-23-25-27-29-30-31-32-34-36-38-40-42-44-46-48-50-52-54-56-58-63(74)69(79)71-61(60-80-70-68(78)67(77)66(76)64(59-72)81-70)65(75)62(73)57-55-53-51-49-47-45-43-41-39-37-35-33-28-26-24-22-20-18-16-14-12-10-8-6-4-2/h29-30,61-68,70,72-78H,3-28,31-60H2,1-2H3,(H,71,79)/b30-29-. The monoisotopic (exact) mass is 1150 g/mol. The SMILES string of the molecule is CCCCCCCCCCCCCC/C=C\CCCCCCCCCCCCCCCC(O)C(=O)NC(COC1OC(CO)C(O)C(O)C1O)C(O)C(O)CCCCCCCCCCCCCCCCCCCCCCCCCCC. The van der Waals surface area contributed by atoms with Crippen LogP contribution in [0.2, 0.25) is 0 Å². The van der Waals surface area contributed by atoms with E-state index in [2.05, 4.69) is 31.3 Å². The second-order valence-electron chi connectivity index (χ2n) is 25.3. The molecule has 0 aromatic carbocycles. The van der Waals surface area contributed by atoms with Crippen molar-refractivity contribution in [3.8, 4) is 0 Å². The van der Waals surface area contributed by atoms with Crippen LogP contribution in [0.15, 0.2) is 12.2 Å². The first kappa shape index (κ1) is 77.9. The van der Waals surface area contributed by atoms with Crippen molar-refractivity contribution in [2.24, 2.45) is 0 Å². The third-order valence-electron chi connectivity index (χ3n) is 17.6. The smallest absolute Gasteiger partial charge is 0.249 e. The van der Waals surface area contributed by atoms with E-state index < -0.39 is 74.2 Å². The fraction of sp³-hybridized carbons (Fsp3) is 0.957. The quantitative estimate of drug-likeness (QED) is 0.0215. The molecule has 1 rings (SSSR count). The Morgan fingerprint density at radius 1 is 0.420 bits per heavy atom. The van der Waals surface area contributed by atoms with E-state index in [1.165, 1.54) is 283 Å². The maximum absolute atomic E-state index is 13.3. The van der Waals surface area contributed by atoms with Gasteiger partial charge in [-0.3, -0.25) is 4.79 Å². The number of hydrogen-bond acceptors (Lipinski definition) is 10. The van der Waals surface area contributed by atoms with E-state index in [9.17, 15) is 40.5 Å². The summed E-state index contributed by atoms with van der Waals surface area (Å²) in [6, 6.07) is -1.17. The van der Waals surface area contributed by atoms with Crippen LogP contribution in [0.5, 0.6) is 0 Å². The van der Waals surface area contributed by atoms with Crippen molar-refractivity contribution < 1.29 is 50.0 Å². The molecule has 1 fully saturated rings. The van der Waals surface area contributed by atoms with E-state index in [0.29, 0.717) is 19.3 Å². The molecule has 1 aliphatic rings. The van der Waals surface area contributed by atoms with Crippen molar-refractivity contribution in [2.45, 2.75) is 416 Å². The average Bonchev–Trinajstić information content (AvgIpc) is 3.51. The molecule has 0 aromatic heterocycles. The fourth-order valence-corrected chi connectivity index (χ4v) is 11.9. The van der Waals surface area contributed by atoms with Crippen LogP contribution < -0.4 is 5.32 Å². The van der Waals surface area contributed by atoms with Crippen LogP contribution in [0.4, 0.5) is 0 Å². The first-order valence-corrected chi connectivity index (χ1v) is 35.6. The minimum atomic E-state index is -1.66. The third kappa shape index (κ3) is 46.7. The molecule has 0 radical (unpaired) electrons. The lowest BCUT2D eigenvalue weighted by Crippen LogP contribution is -2.60. The Morgan fingerprint density at radius 2 is 0.716 bits per heavy atom. The number of carbonyl (C=O) groups is 1. The molecule has 81 heavy (non-hydrogen) atoms. The van der Waals surface area contributed by atoms with E-state index in [1.54, 1.807) is 0 Å². The summed E-state index contributed by atoms with van der Waals surface area (Å²) in [4.78, 5) is 13.3. The van der Waals surface area contributed by atoms with Crippen LogP contribution in [0.1, 0.15) is 361 Å². The van der Waals surface area contributed by atoms with Gasteiger partial charge in [0.1, 0.15) is 36.6 Å². The van der Waals surface area contributed by atoms with Crippen LogP contribution >= 0.6 is 0 Å². The molecule has 0 aromatic rings. The van der Waals surface area contributed by atoms with Crippen molar-refractivity contribution in [3.63, 3.8) is 0 Å². The number of unbranched alkanes of at least 4 members (excludes halogenated alkanes) is 49. The van der Waals surface area contributed by atoms with Gasteiger partial charge in [-0.1, -0.05) is 334 Å². The summed E-state index contributed by atoms with van der Waals surface area (Å²) in [6.07, 6.45) is 61.5. The molecule has 1 aliphatic heterocycles. The summed E-state index contributed by atoms with van der Waals surface area (Å²) in [5, 5.41) is 76.6. The first-order chi connectivity index (χ1) is 39.7. The van der Waals surface area contributed by atoms with Gasteiger partial charge in [0, 0.05) is 0 Å². The Morgan fingerprint density at radius 3 is 1.04 bits per heavy atom. The molecule has 11 heteroatoms. The molecule has 482 valence electrons. The highest BCUT2D eigenvalue weighted by Gasteiger charge is 2.44. The molecule has 9 unspecified atom stereocenters. The van der Waals surface area contributed by atoms with Crippen molar-refractivity contribution in [1.82, 2.24) is 5.32 Å². The normalized spacial score (nSPS) is 19.1. The molecular weight excluding hydrogens is 1010 g/mol. The van der Waals surface area contributed by atoms with Crippen molar-refractivity contribution in [2.75, 3.05) is 13.2 Å². The van der Waals surface area contributed by atoms with Gasteiger partial charge in [-0.05, 0) is 38.5 Å². The summed E-state index contributed by atoms with van der Waals surface area (Å²) in [5.41, 5.74) is 0. The number of hydrogen-bond donors (Lipinski definition) is 8. The van der Waals surface area contributed by atoms with Crippen LogP contribution in [0, 0.1) is 0 Å². The maximum Gasteiger partial charge on any atom is 0.249 e. The highest BCUT2D eigenvalue weighted by molar-refractivity contribution is 5.80. The second kappa shape index (κ2) is 59.2. The van der Waals surface area contributed by atoms with Gasteiger partial charge in [-0.25, -0.2) is 0 Å². The first-order valence-electron chi connectivity index (χ1n) is 35.6. The van der Waals surface area contributed by atoms with Gasteiger partial charge >= 0.3 is 0 Å². The Bertz CT molecular complexity index is 1320. The molecule has 0 spiro atoms. The summed E-state index contributed by atoms with van der Waals surface area (Å²) in [7, 11) is 0. The van der Waals surface area contributed by atoms with Crippen LogP contribution in [0.25, 0.3) is 0 Å². The van der Waals surface area contributed by atoms with E-state index in [-0.39, 0.29) is 6.42 Å². The number of nitrogens with one attached hydrogen (secondary N) is 1. The number of aliphatic hydroxyl groups excluding tert-OH is 7. The van der Waals surface area contributed by atoms with Gasteiger partial charge in [-0.15, -0.1) is 0 Å². The predicted octanol–water partition coefficient (Wildman–Crippen LogP) is 17.0. The van der Waals surface area contributed by atoms with E-state index in [4.69, 9.17) is 9.47 Å². The largest absolute Gasteiger partial charge is 0.394 e. The highest BCUT2D eigenvalue weighted by atomic mass is 16.7. The minimum absolute atomic E-state index is 0.264. The Hall–Kier alpha value is -1.15. The average molecular weight is 1150 g/mol. The van der Waals surface area contributed by atoms with E-state index >= 15 is 0 Å². The van der Waals surface area contributed by atoms with Crippen molar-refractivity contribution >= 4 is 5.91 Å². The molecule has 11 nitrogen and oxygen atoms in total. The topological polar surface area (TPSA) is 189 Å². The lowest BCUT2D eigenvalue weighted by molar-refractivity contribution is -0.303. The van der Waals surface area contributed by atoms with Crippen LogP contribution in [0.3, 0.4) is 0 Å². The Labute approximate surface area is 500 Å². The number of rotatable bonds is 63. The number of amides is 1. The molecule has 1 saturated heterocycles. The van der Waals surface area contributed by atoms with Gasteiger partial charge in [0.25, 0.3) is 0 Å². The lowest BCUT2D eigenvalue weighted by atomic mass is 9.98. The summed E-state index contributed by atoms with van der Waals surface area (Å²) in [5.74, 6) is -0.689. The van der Waals surface area contributed by atoms with Crippen LogP contribution in [-0.2, 0) is 14.3 Å². The maximum atomic E-state index is 13.3.